The lowest BCUT2D eigenvalue weighted by Crippen LogP contribution is -2.28. The van der Waals surface area contributed by atoms with Crippen LogP contribution in [0.1, 0.15) is 21.5 Å². The van der Waals surface area contributed by atoms with Gasteiger partial charge in [-0.3, -0.25) is 14.4 Å². The number of aromatic nitrogens is 2. The Balaban J connectivity index is 1.35. The molecule has 0 bridgehead atoms. The highest BCUT2D eigenvalue weighted by Gasteiger charge is 2.22. The summed E-state index contributed by atoms with van der Waals surface area (Å²) >= 11 is 0. The van der Waals surface area contributed by atoms with Crippen molar-refractivity contribution in [3.05, 3.63) is 108 Å². The van der Waals surface area contributed by atoms with Gasteiger partial charge in [0.25, 0.3) is 5.91 Å². The van der Waals surface area contributed by atoms with Gasteiger partial charge >= 0.3 is 6.03 Å². The first-order valence-corrected chi connectivity index (χ1v) is 11.3. The third-order valence-corrected chi connectivity index (χ3v) is 5.79. The normalized spacial score (nSPS) is 13.1. The standard InChI is InChI=1S/C27H25N5O2/c33-26(22-12-7-13-24(16-22)32-15-14-28-27(32)34)29-17-23-19-31(18-20-8-3-1-4-9-20)30-25(23)21-10-5-2-6-11-21/h1-13,16,19H,14-15,17-18H2,(H,28,34)(H,29,33). The van der Waals surface area contributed by atoms with E-state index in [0.29, 0.717) is 37.4 Å². The summed E-state index contributed by atoms with van der Waals surface area (Å²) in [6.07, 6.45) is 1.99. The van der Waals surface area contributed by atoms with Crippen LogP contribution in [0.25, 0.3) is 11.3 Å². The number of hydrogen-bond donors (Lipinski definition) is 2. The summed E-state index contributed by atoms with van der Waals surface area (Å²) in [7, 11) is 0. The van der Waals surface area contributed by atoms with Crippen molar-refractivity contribution in [1.82, 2.24) is 20.4 Å². The van der Waals surface area contributed by atoms with E-state index in [-0.39, 0.29) is 11.9 Å². The molecule has 0 atom stereocenters. The molecule has 1 aliphatic rings. The second-order valence-corrected chi connectivity index (χ2v) is 8.17. The van der Waals surface area contributed by atoms with Crippen LogP contribution >= 0.6 is 0 Å². The largest absolute Gasteiger partial charge is 0.348 e. The van der Waals surface area contributed by atoms with E-state index in [9.17, 15) is 9.59 Å². The molecule has 3 aromatic carbocycles. The lowest BCUT2D eigenvalue weighted by molar-refractivity contribution is 0.0951. The third kappa shape index (κ3) is 4.68. The molecule has 5 rings (SSSR count). The fraction of sp³-hybridized carbons (Fsp3) is 0.148. The Labute approximate surface area is 198 Å². The third-order valence-electron chi connectivity index (χ3n) is 5.79. The van der Waals surface area contributed by atoms with Crippen molar-refractivity contribution in [2.24, 2.45) is 0 Å². The van der Waals surface area contributed by atoms with Gasteiger partial charge in [-0.2, -0.15) is 5.10 Å². The van der Waals surface area contributed by atoms with E-state index in [4.69, 9.17) is 5.10 Å². The highest BCUT2D eigenvalue weighted by molar-refractivity contribution is 5.98. The van der Waals surface area contributed by atoms with Gasteiger partial charge in [-0.25, -0.2) is 4.79 Å². The Morgan fingerprint density at radius 2 is 1.74 bits per heavy atom. The van der Waals surface area contributed by atoms with Gasteiger partial charge in [-0.1, -0.05) is 66.7 Å². The summed E-state index contributed by atoms with van der Waals surface area (Å²) in [5.41, 5.74) is 5.16. The zero-order chi connectivity index (χ0) is 23.3. The molecule has 1 fully saturated rings. The molecule has 4 aromatic rings. The summed E-state index contributed by atoms with van der Waals surface area (Å²) in [4.78, 5) is 26.6. The zero-order valence-corrected chi connectivity index (χ0v) is 18.6. The van der Waals surface area contributed by atoms with Crippen molar-refractivity contribution in [1.29, 1.82) is 0 Å². The Morgan fingerprint density at radius 3 is 2.47 bits per heavy atom. The molecule has 0 aliphatic carbocycles. The van der Waals surface area contributed by atoms with Gasteiger partial charge in [0.2, 0.25) is 0 Å². The maximum atomic E-state index is 13.0. The first-order valence-electron chi connectivity index (χ1n) is 11.3. The van der Waals surface area contributed by atoms with Gasteiger partial charge in [-0.15, -0.1) is 0 Å². The summed E-state index contributed by atoms with van der Waals surface area (Å²) < 4.78 is 1.91. The van der Waals surface area contributed by atoms with Crippen LogP contribution in [0.5, 0.6) is 0 Å². The van der Waals surface area contributed by atoms with Crippen LogP contribution in [0.2, 0.25) is 0 Å². The Kier molecular flexibility index (Phi) is 6.07. The monoisotopic (exact) mass is 451 g/mol. The quantitative estimate of drug-likeness (QED) is 0.445. The van der Waals surface area contributed by atoms with Crippen LogP contribution in [-0.2, 0) is 13.1 Å². The van der Waals surface area contributed by atoms with Crippen molar-refractivity contribution in [3.63, 3.8) is 0 Å². The van der Waals surface area contributed by atoms with Crippen LogP contribution in [0.15, 0.2) is 91.1 Å². The number of carbonyl (C=O) groups is 2. The average molecular weight is 452 g/mol. The number of nitrogens with one attached hydrogen (secondary N) is 2. The van der Waals surface area contributed by atoms with Crippen molar-refractivity contribution < 1.29 is 9.59 Å². The minimum absolute atomic E-state index is 0.143. The Bertz CT molecular complexity index is 1300. The van der Waals surface area contributed by atoms with Crippen LogP contribution in [0.4, 0.5) is 10.5 Å². The molecule has 1 saturated heterocycles. The molecule has 34 heavy (non-hydrogen) atoms. The van der Waals surface area contributed by atoms with Gasteiger partial charge in [0.15, 0.2) is 0 Å². The lowest BCUT2D eigenvalue weighted by Gasteiger charge is -2.15. The molecule has 7 heteroatoms. The van der Waals surface area contributed by atoms with Crippen molar-refractivity contribution in [3.8, 4) is 11.3 Å². The fourth-order valence-electron chi connectivity index (χ4n) is 4.09. The van der Waals surface area contributed by atoms with Gasteiger partial charge in [0, 0.05) is 48.2 Å². The van der Waals surface area contributed by atoms with Crippen LogP contribution in [0, 0.1) is 0 Å². The second kappa shape index (κ2) is 9.62. The van der Waals surface area contributed by atoms with Crippen molar-refractivity contribution in [2.75, 3.05) is 18.0 Å². The number of amides is 3. The topological polar surface area (TPSA) is 79.3 Å². The number of anilines is 1. The Morgan fingerprint density at radius 1 is 0.971 bits per heavy atom. The van der Waals surface area contributed by atoms with E-state index in [1.165, 1.54) is 0 Å². The predicted octanol–water partition coefficient (Wildman–Crippen LogP) is 4.06. The number of carbonyl (C=O) groups excluding carboxylic acids is 2. The fourth-order valence-corrected chi connectivity index (χ4v) is 4.09. The SMILES string of the molecule is O=C(NCc1cn(Cc2ccccc2)nc1-c1ccccc1)c1cccc(N2CCNC2=O)c1. The van der Waals surface area contributed by atoms with Crippen LogP contribution in [-0.4, -0.2) is 34.8 Å². The maximum Gasteiger partial charge on any atom is 0.321 e. The minimum atomic E-state index is -0.198. The van der Waals surface area contributed by atoms with E-state index >= 15 is 0 Å². The number of urea groups is 1. The zero-order valence-electron chi connectivity index (χ0n) is 18.6. The molecule has 2 N–H and O–H groups in total. The van der Waals surface area contributed by atoms with E-state index in [2.05, 4.69) is 22.8 Å². The molecular weight excluding hydrogens is 426 g/mol. The minimum Gasteiger partial charge on any atom is -0.348 e. The number of benzene rings is 3. The van der Waals surface area contributed by atoms with E-state index in [1.807, 2.05) is 65.5 Å². The molecule has 1 aromatic heterocycles. The maximum absolute atomic E-state index is 13.0. The summed E-state index contributed by atoms with van der Waals surface area (Å²) in [6, 6.07) is 27.1. The van der Waals surface area contributed by atoms with Crippen LogP contribution in [0.3, 0.4) is 0 Å². The molecule has 7 nitrogen and oxygen atoms in total. The molecule has 2 heterocycles. The molecule has 1 aliphatic heterocycles. The number of rotatable bonds is 7. The summed E-state index contributed by atoms with van der Waals surface area (Å²) in [5, 5.41) is 10.6. The lowest BCUT2D eigenvalue weighted by atomic mass is 10.1. The summed E-state index contributed by atoms with van der Waals surface area (Å²) in [5.74, 6) is -0.198. The molecule has 3 amide bonds. The second-order valence-electron chi connectivity index (χ2n) is 8.17. The van der Waals surface area contributed by atoms with E-state index in [1.54, 1.807) is 23.1 Å². The van der Waals surface area contributed by atoms with Crippen LogP contribution < -0.4 is 15.5 Å². The average Bonchev–Trinajstić information content (AvgIpc) is 3.49. The number of hydrogen-bond acceptors (Lipinski definition) is 3. The highest BCUT2D eigenvalue weighted by Crippen LogP contribution is 2.23. The molecule has 0 radical (unpaired) electrons. The molecule has 0 saturated carbocycles. The molecule has 170 valence electrons. The summed E-state index contributed by atoms with van der Waals surface area (Å²) in [6.45, 7) is 2.18. The first kappa shape index (κ1) is 21.5. The smallest absolute Gasteiger partial charge is 0.321 e. The van der Waals surface area contributed by atoms with Crippen molar-refractivity contribution >= 4 is 17.6 Å². The Hall–Kier alpha value is -4.39. The van der Waals surface area contributed by atoms with Gasteiger partial charge < -0.3 is 10.6 Å². The number of nitrogens with zero attached hydrogens (tertiary/aromatic N) is 3. The predicted molar refractivity (Wildman–Crippen MR) is 132 cm³/mol. The van der Waals surface area contributed by atoms with Crippen molar-refractivity contribution in [2.45, 2.75) is 13.1 Å². The van der Waals surface area contributed by atoms with Gasteiger partial charge in [0.1, 0.15) is 0 Å². The van der Waals surface area contributed by atoms with Gasteiger partial charge in [0.05, 0.1) is 12.2 Å². The first-order chi connectivity index (χ1) is 16.7. The molecular formula is C27H25N5O2. The highest BCUT2D eigenvalue weighted by atomic mass is 16.2. The van der Waals surface area contributed by atoms with E-state index in [0.717, 1.165) is 22.4 Å². The molecule has 0 spiro atoms. The molecule has 0 unspecified atom stereocenters. The van der Waals surface area contributed by atoms with E-state index < -0.39 is 0 Å². The van der Waals surface area contributed by atoms with Gasteiger partial charge in [-0.05, 0) is 23.8 Å².